The summed E-state index contributed by atoms with van der Waals surface area (Å²) in [5, 5.41) is 4.95. The van der Waals surface area contributed by atoms with Gasteiger partial charge in [-0.3, -0.25) is 9.59 Å². The van der Waals surface area contributed by atoms with Crippen molar-refractivity contribution >= 4 is 28.7 Å². The van der Waals surface area contributed by atoms with Gasteiger partial charge in [0.25, 0.3) is 0 Å². The van der Waals surface area contributed by atoms with Crippen molar-refractivity contribution in [3.63, 3.8) is 0 Å². The Labute approximate surface area is 175 Å². The largest absolute Gasteiger partial charge is 0.365 e. The standard InChI is InChI=1S/C21H16N6O2S/c28-16-12-15(25-8-9-25)19(29)17(18(16)26-10-11-26)20-23-21(30-24-20)27-14(6-7-22-27)13-4-2-1-3-5-13/h1-7,12H,8-11H2. The third-order valence-corrected chi connectivity index (χ3v) is 5.97. The smallest absolute Gasteiger partial charge is 0.231 e. The molecule has 148 valence electrons. The maximum Gasteiger partial charge on any atom is 0.231 e. The fraction of sp³-hybridized carbons (Fsp3) is 0.190. The molecule has 3 aliphatic rings. The molecule has 0 atom stereocenters. The van der Waals surface area contributed by atoms with Crippen LogP contribution in [0.4, 0.5) is 0 Å². The number of aromatic nitrogens is 4. The number of carbonyl (C=O) groups excluding carboxylic acids is 2. The minimum Gasteiger partial charge on any atom is -0.365 e. The minimum atomic E-state index is -0.179. The number of benzene rings is 1. The Morgan fingerprint density at radius 1 is 0.933 bits per heavy atom. The van der Waals surface area contributed by atoms with Gasteiger partial charge in [0.15, 0.2) is 5.82 Å². The van der Waals surface area contributed by atoms with E-state index in [2.05, 4.69) is 14.5 Å². The van der Waals surface area contributed by atoms with Crippen LogP contribution in [0.5, 0.6) is 0 Å². The van der Waals surface area contributed by atoms with Gasteiger partial charge in [-0.1, -0.05) is 30.3 Å². The summed E-state index contributed by atoms with van der Waals surface area (Å²) in [4.78, 5) is 34.5. The summed E-state index contributed by atoms with van der Waals surface area (Å²) in [6, 6.07) is 11.8. The predicted octanol–water partition coefficient (Wildman–Crippen LogP) is 1.77. The number of nitrogens with zero attached hydrogens (tertiary/aromatic N) is 6. The van der Waals surface area contributed by atoms with Crippen LogP contribution >= 0.6 is 11.5 Å². The van der Waals surface area contributed by atoms with Crippen molar-refractivity contribution in [1.82, 2.24) is 28.9 Å². The highest BCUT2D eigenvalue weighted by Gasteiger charge is 2.41. The number of allylic oxidation sites excluding steroid dienone is 2. The highest BCUT2D eigenvalue weighted by molar-refractivity contribution is 7.08. The number of ketones is 2. The first-order chi connectivity index (χ1) is 14.7. The van der Waals surface area contributed by atoms with Crippen molar-refractivity contribution in [3.8, 4) is 16.4 Å². The number of hydrogen-bond donors (Lipinski definition) is 0. The van der Waals surface area contributed by atoms with Crippen LogP contribution in [-0.2, 0) is 9.59 Å². The molecule has 0 spiro atoms. The lowest BCUT2D eigenvalue weighted by Gasteiger charge is -2.19. The first-order valence-electron chi connectivity index (χ1n) is 9.69. The first-order valence-corrected chi connectivity index (χ1v) is 10.5. The summed E-state index contributed by atoms with van der Waals surface area (Å²) in [6.07, 6.45) is 3.17. The van der Waals surface area contributed by atoms with Crippen LogP contribution in [0, 0.1) is 0 Å². The third kappa shape index (κ3) is 2.78. The molecule has 30 heavy (non-hydrogen) atoms. The van der Waals surface area contributed by atoms with Gasteiger partial charge in [-0.25, -0.2) is 4.68 Å². The van der Waals surface area contributed by atoms with Crippen LogP contribution < -0.4 is 0 Å². The van der Waals surface area contributed by atoms with E-state index in [9.17, 15) is 9.59 Å². The fourth-order valence-corrected chi connectivity index (χ4v) is 4.27. The zero-order valence-corrected chi connectivity index (χ0v) is 16.7. The molecule has 4 heterocycles. The molecule has 0 bridgehead atoms. The van der Waals surface area contributed by atoms with Gasteiger partial charge in [0.1, 0.15) is 5.70 Å². The number of Topliss-reactive ketones (excluding diaryl/α,β-unsaturated/α-hetero) is 1. The summed E-state index contributed by atoms with van der Waals surface area (Å²) < 4.78 is 6.17. The molecule has 9 heteroatoms. The number of carbonyl (C=O) groups is 2. The molecule has 0 amide bonds. The van der Waals surface area contributed by atoms with E-state index >= 15 is 0 Å². The molecule has 2 fully saturated rings. The predicted molar refractivity (Wildman–Crippen MR) is 111 cm³/mol. The molecule has 2 aliphatic heterocycles. The van der Waals surface area contributed by atoms with Gasteiger partial charge >= 0.3 is 0 Å². The van der Waals surface area contributed by atoms with Crippen LogP contribution in [0.1, 0.15) is 5.82 Å². The summed E-state index contributed by atoms with van der Waals surface area (Å²) in [6.45, 7) is 3.11. The second-order valence-corrected chi connectivity index (χ2v) is 8.05. The topological polar surface area (TPSA) is 83.8 Å². The van der Waals surface area contributed by atoms with Crippen molar-refractivity contribution in [2.75, 3.05) is 26.2 Å². The van der Waals surface area contributed by atoms with Crippen LogP contribution in [0.3, 0.4) is 0 Å². The van der Waals surface area contributed by atoms with E-state index < -0.39 is 0 Å². The fourth-order valence-electron chi connectivity index (χ4n) is 3.62. The molecule has 0 unspecified atom stereocenters. The maximum absolute atomic E-state index is 13.2. The minimum absolute atomic E-state index is 0.149. The van der Waals surface area contributed by atoms with Crippen LogP contribution in [-0.4, -0.2) is 66.7 Å². The third-order valence-electron chi connectivity index (χ3n) is 5.28. The summed E-state index contributed by atoms with van der Waals surface area (Å²) >= 11 is 1.16. The molecular formula is C21H16N6O2S. The Bertz CT molecular complexity index is 1250. The van der Waals surface area contributed by atoms with E-state index in [0.29, 0.717) is 22.1 Å². The van der Waals surface area contributed by atoms with Gasteiger partial charge in [-0.15, -0.1) is 0 Å². The second-order valence-electron chi connectivity index (χ2n) is 7.32. The molecule has 0 N–H and O–H groups in total. The van der Waals surface area contributed by atoms with Crippen molar-refractivity contribution in [1.29, 1.82) is 0 Å². The van der Waals surface area contributed by atoms with Crippen LogP contribution in [0.15, 0.2) is 60.1 Å². The van der Waals surface area contributed by atoms with Gasteiger partial charge in [-0.2, -0.15) is 14.5 Å². The van der Waals surface area contributed by atoms with E-state index in [1.54, 1.807) is 10.9 Å². The van der Waals surface area contributed by atoms with Crippen molar-refractivity contribution in [2.24, 2.45) is 0 Å². The van der Waals surface area contributed by atoms with Gasteiger partial charge < -0.3 is 9.80 Å². The highest BCUT2D eigenvalue weighted by atomic mass is 32.1. The lowest BCUT2D eigenvalue weighted by atomic mass is 9.96. The Morgan fingerprint density at radius 3 is 2.43 bits per heavy atom. The summed E-state index contributed by atoms with van der Waals surface area (Å²) in [5.74, 6) is -0.0382. The number of rotatable bonds is 5. The van der Waals surface area contributed by atoms with E-state index in [1.165, 1.54) is 6.08 Å². The Morgan fingerprint density at radius 2 is 1.70 bits per heavy atom. The van der Waals surface area contributed by atoms with Gasteiger partial charge in [0, 0.05) is 49.4 Å². The normalized spacial score (nSPS) is 18.2. The zero-order valence-electron chi connectivity index (χ0n) is 15.9. The van der Waals surface area contributed by atoms with Gasteiger partial charge in [-0.05, 0) is 6.07 Å². The average molecular weight is 416 g/mol. The molecule has 3 aromatic rings. The van der Waals surface area contributed by atoms with E-state index in [4.69, 9.17) is 0 Å². The molecule has 2 aromatic heterocycles. The van der Waals surface area contributed by atoms with E-state index in [-0.39, 0.29) is 17.4 Å². The van der Waals surface area contributed by atoms with Crippen molar-refractivity contribution < 1.29 is 9.59 Å². The highest BCUT2D eigenvalue weighted by Crippen LogP contribution is 2.35. The SMILES string of the molecule is O=C1C=C(N2CC2)C(=O)C(c2nsc(-n3nccc3-c3ccccc3)n2)=C1N1CC1. The van der Waals surface area contributed by atoms with E-state index in [1.807, 2.05) is 46.2 Å². The monoisotopic (exact) mass is 416 g/mol. The van der Waals surface area contributed by atoms with Crippen LogP contribution in [0.2, 0.25) is 0 Å². The van der Waals surface area contributed by atoms with Gasteiger partial charge in [0.05, 0.1) is 23.2 Å². The molecule has 1 aromatic carbocycles. The average Bonchev–Trinajstić information content (AvgIpc) is 3.68. The first kappa shape index (κ1) is 17.3. The van der Waals surface area contributed by atoms with Gasteiger partial charge in [0.2, 0.25) is 16.7 Å². The Balaban J connectivity index is 1.43. The lowest BCUT2D eigenvalue weighted by Crippen LogP contribution is -2.26. The Hall–Kier alpha value is -3.59. The molecule has 2 saturated heterocycles. The maximum atomic E-state index is 13.2. The summed E-state index contributed by atoms with van der Waals surface area (Å²) in [5.41, 5.74) is 3.05. The second kappa shape index (κ2) is 6.46. The molecular weight excluding hydrogens is 400 g/mol. The molecule has 8 nitrogen and oxygen atoms in total. The van der Waals surface area contributed by atoms with Crippen LogP contribution in [0.25, 0.3) is 22.0 Å². The Kier molecular flexibility index (Phi) is 3.72. The zero-order chi connectivity index (χ0) is 20.2. The number of hydrogen-bond acceptors (Lipinski definition) is 8. The quantitative estimate of drug-likeness (QED) is 0.463. The molecule has 6 rings (SSSR count). The lowest BCUT2D eigenvalue weighted by molar-refractivity contribution is -0.115. The van der Waals surface area contributed by atoms with Crippen molar-refractivity contribution in [3.05, 3.63) is 65.9 Å². The van der Waals surface area contributed by atoms with E-state index in [0.717, 1.165) is 49.0 Å². The van der Waals surface area contributed by atoms with Crippen molar-refractivity contribution in [2.45, 2.75) is 0 Å². The summed E-state index contributed by atoms with van der Waals surface area (Å²) in [7, 11) is 0. The molecule has 0 radical (unpaired) electrons. The molecule has 0 saturated carbocycles. The molecule has 1 aliphatic carbocycles.